The lowest BCUT2D eigenvalue weighted by Gasteiger charge is -2.28. The second-order valence-electron chi connectivity index (χ2n) is 11.2. The van der Waals surface area contributed by atoms with Crippen LogP contribution in [-0.4, -0.2) is 71.0 Å². The van der Waals surface area contributed by atoms with Gasteiger partial charge in [-0.3, -0.25) is 14.4 Å². The van der Waals surface area contributed by atoms with Crippen LogP contribution in [-0.2, 0) is 32.0 Å². The Morgan fingerprint density at radius 3 is 2.40 bits per heavy atom. The Labute approximate surface area is 245 Å². The van der Waals surface area contributed by atoms with Crippen molar-refractivity contribution in [2.45, 2.75) is 69.1 Å². The summed E-state index contributed by atoms with van der Waals surface area (Å²) in [6, 6.07) is 20.5. The number of likely N-dealkylation sites (tertiary alicyclic amines) is 1. The lowest BCUT2D eigenvalue weighted by molar-refractivity contribution is -0.142. The van der Waals surface area contributed by atoms with Gasteiger partial charge in [0.2, 0.25) is 17.7 Å². The van der Waals surface area contributed by atoms with Gasteiger partial charge in [-0.25, -0.2) is 4.79 Å². The molecule has 42 heavy (non-hydrogen) atoms. The maximum atomic E-state index is 13.5. The molecule has 0 spiro atoms. The van der Waals surface area contributed by atoms with Crippen LogP contribution in [0.3, 0.4) is 0 Å². The fourth-order valence-corrected chi connectivity index (χ4v) is 6.14. The normalized spacial score (nSPS) is 19.8. The molecule has 3 aromatic carbocycles. The summed E-state index contributed by atoms with van der Waals surface area (Å²) >= 11 is 0. The lowest BCUT2D eigenvalue weighted by atomic mass is 9.98. The molecule has 4 atom stereocenters. The molecule has 3 aromatic rings. The first kappa shape index (κ1) is 29.3. The van der Waals surface area contributed by atoms with E-state index in [9.17, 15) is 24.3 Å². The summed E-state index contributed by atoms with van der Waals surface area (Å²) < 4.78 is 0. The Hall–Kier alpha value is -4.24. The highest BCUT2D eigenvalue weighted by atomic mass is 16.4. The van der Waals surface area contributed by atoms with Crippen LogP contribution >= 0.6 is 0 Å². The third-order valence-corrected chi connectivity index (χ3v) is 8.24. The van der Waals surface area contributed by atoms with Crippen molar-refractivity contribution in [3.8, 4) is 0 Å². The molecule has 4 N–H and O–H groups in total. The van der Waals surface area contributed by atoms with Crippen LogP contribution < -0.4 is 16.0 Å². The van der Waals surface area contributed by atoms with Gasteiger partial charge in [-0.15, -0.1) is 0 Å². The van der Waals surface area contributed by atoms with E-state index in [0.29, 0.717) is 19.4 Å². The topological polar surface area (TPSA) is 128 Å². The Kier molecular flexibility index (Phi) is 9.48. The molecule has 0 bridgehead atoms. The number of nitrogens with zero attached hydrogens (tertiary/aromatic N) is 1. The number of benzene rings is 3. The van der Waals surface area contributed by atoms with Gasteiger partial charge in [0.15, 0.2) is 0 Å². The first-order chi connectivity index (χ1) is 20.4. The van der Waals surface area contributed by atoms with E-state index in [1.165, 1.54) is 0 Å². The van der Waals surface area contributed by atoms with E-state index in [1.54, 1.807) is 4.90 Å². The van der Waals surface area contributed by atoms with Crippen molar-refractivity contribution in [2.24, 2.45) is 0 Å². The van der Waals surface area contributed by atoms with Crippen LogP contribution in [0.25, 0.3) is 10.8 Å². The molecule has 9 nitrogen and oxygen atoms in total. The highest BCUT2D eigenvalue weighted by Gasteiger charge is 2.38. The number of carboxylic acids is 1. The van der Waals surface area contributed by atoms with Crippen molar-refractivity contribution in [2.75, 3.05) is 13.1 Å². The molecule has 0 aromatic heterocycles. The van der Waals surface area contributed by atoms with E-state index in [-0.39, 0.29) is 30.7 Å². The zero-order valence-electron chi connectivity index (χ0n) is 23.6. The van der Waals surface area contributed by atoms with Crippen molar-refractivity contribution in [3.63, 3.8) is 0 Å². The van der Waals surface area contributed by atoms with Gasteiger partial charge in [0.05, 0.1) is 6.04 Å². The fraction of sp³-hybridized carbons (Fsp3) is 0.394. The molecule has 0 unspecified atom stereocenters. The van der Waals surface area contributed by atoms with Crippen LogP contribution in [0.4, 0.5) is 0 Å². The van der Waals surface area contributed by atoms with Crippen molar-refractivity contribution in [3.05, 3.63) is 83.9 Å². The van der Waals surface area contributed by atoms with Gasteiger partial charge in [0.1, 0.15) is 12.1 Å². The molecule has 2 aliphatic rings. The van der Waals surface area contributed by atoms with Gasteiger partial charge in [-0.1, -0.05) is 72.8 Å². The van der Waals surface area contributed by atoms with Gasteiger partial charge in [-0.05, 0) is 60.5 Å². The maximum absolute atomic E-state index is 13.5. The van der Waals surface area contributed by atoms with Crippen LogP contribution in [0.1, 0.15) is 43.2 Å². The highest BCUT2D eigenvalue weighted by molar-refractivity contribution is 5.91. The van der Waals surface area contributed by atoms with Crippen LogP contribution in [0.5, 0.6) is 0 Å². The third-order valence-electron chi connectivity index (χ3n) is 8.24. The second-order valence-corrected chi connectivity index (χ2v) is 11.2. The van der Waals surface area contributed by atoms with Crippen molar-refractivity contribution >= 4 is 34.5 Å². The molecule has 0 radical (unpaired) electrons. The molecule has 0 aliphatic carbocycles. The summed E-state index contributed by atoms with van der Waals surface area (Å²) in [5, 5.41) is 20.8. The first-order valence-electron chi connectivity index (χ1n) is 14.8. The number of nitrogens with one attached hydrogen (secondary N) is 3. The Bertz CT molecular complexity index is 1420. The summed E-state index contributed by atoms with van der Waals surface area (Å²) in [6.07, 6.45) is 3.45. The van der Waals surface area contributed by atoms with Gasteiger partial charge < -0.3 is 26.0 Å². The Morgan fingerprint density at radius 1 is 0.881 bits per heavy atom. The quantitative estimate of drug-likeness (QED) is 0.281. The summed E-state index contributed by atoms with van der Waals surface area (Å²) in [5.41, 5.74) is 1.77. The van der Waals surface area contributed by atoms with Crippen molar-refractivity contribution in [1.82, 2.24) is 20.9 Å². The minimum Gasteiger partial charge on any atom is -0.480 e. The summed E-state index contributed by atoms with van der Waals surface area (Å²) in [4.78, 5) is 53.7. The third kappa shape index (κ3) is 7.15. The fourth-order valence-electron chi connectivity index (χ4n) is 6.14. The zero-order valence-corrected chi connectivity index (χ0v) is 23.6. The minimum absolute atomic E-state index is 0.0414. The second kappa shape index (κ2) is 13.6. The molecule has 2 aliphatic heterocycles. The number of hydrogen-bond donors (Lipinski definition) is 4. The van der Waals surface area contributed by atoms with E-state index < -0.39 is 30.0 Å². The zero-order chi connectivity index (χ0) is 29.5. The number of fused-ring (bicyclic) bond motifs is 1. The number of aliphatic carboxylic acids is 1. The van der Waals surface area contributed by atoms with Crippen molar-refractivity contribution in [1.29, 1.82) is 0 Å². The lowest BCUT2D eigenvalue weighted by Crippen LogP contribution is -2.53. The summed E-state index contributed by atoms with van der Waals surface area (Å²) in [5.74, 6) is -1.91. The molecule has 3 amide bonds. The van der Waals surface area contributed by atoms with E-state index in [2.05, 4.69) is 16.0 Å². The largest absolute Gasteiger partial charge is 0.480 e. The van der Waals surface area contributed by atoms with Crippen molar-refractivity contribution < 1.29 is 24.3 Å². The summed E-state index contributed by atoms with van der Waals surface area (Å²) in [7, 11) is 0. The van der Waals surface area contributed by atoms with Gasteiger partial charge in [0.25, 0.3) is 0 Å². The first-order valence-corrected chi connectivity index (χ1v) is 14.8. The number of rotatable bonds is 11. The summed E-state index contributed by atoms with van der Waals surface area (Å²) in [6.45, 7) is 1.33. The highest BCUT2D eigenvalue weighted by Crippen LogP contribution is 2.22. The van der Waals surface area contributed by atoms with E-state index in [1.807, 2.05) is 72.8 Å². The predicted octanol–water partition coefficient (Wildman–Crippen LogP) is 2.81. The molecule has 5 rings (SSSR count). The average molecular weight is 571 g/mol. The molecular weight excluding hydrogens is 532 g/mol. The van der Waals surface area contributed by atoms with Gasteiger partial charge in [-0.2, -0.15) is 0 Å². The van der Waals surface area contributed by atoms with E-state index in [0.717, 1.165) is 47.7 Å². The number of carboxylic acid groups (broad SMARTS) is 1. The van der Waals surface area contributed by atoms with Crippen LogP contribution in [0, 0.1) is 0 Å². The molecule has 220 valence electrons. The molecular formula is C33H38N4O5. The monoisotopic (exact) mass is 570 g/mol. The van der Waals surface area contributed by atoms with E-state index >= 15 is 0 Å². The van der Waals surface area contributed by atoms with Crippen LogP contribution in [0.2, 0.25) is 0 Å². The standard InChI is InChI=1S/C33H38N4O5/c38-30(36-28(33(41)42)20-24-13-6-12-23-11-4-5-14-26(23)24)21-25(19-22-9-2-1-3-10-22)35-31(39)29-16-8-18-37(29)32(40)27-15-7-17-34-27/h1-6,9-14,25,27-29,34H,7-8,15-21H2,(H,35,39)(H,36,38)(H,41,42)/t25-,27-,28-,29-/m0/s1. The molecule has 9 heteroatoms. The van der Waals surface area contributed by atoms with Gasteiger partial charge in [0, 0.05) is 25.4 Å². The smallest absolute Gasteiger partial charge is 0.326 e. The van der Waals surface area contributed by atoms with E-state index in [4.69, 9.17) is 0 Å². The Balaban J connectivity index is 1.27. The van der Waals surface area contributed by atoms with Crippen LogP contribution in [0.15, 0.2) is 72.8 Å². The average Bonchev–Trinajstić information content (AvgIpc) is 3.70. The number of carbonyl (C=O) groups excluding carboxylic acids is 3. The molecule has 0 saturated carbocycles. The number of hydrogen-bond acceptors (Lipinski definition) is 5. The maximum Gasteiger partial charge on any atom is 0.326 e. The molecule has 2 saturated heterocycles. The molecule has 2 heterocycles. The predicted molar refractivity (Wildman–Crippen MR) is 160 cm³/mol. The number of amides is 3. The number of carbonyl (C=O) groups is 4. The SMILES string of the molecule is O=C(C[C@H](Cc1ccccc1)NC(=O)[C@@H]1CCCN1C(=O)[C@@H]1CCCN1)N[C@@H](Cc1cccc2ccccc12)C(=O)O. The minimum atomic E-state index is -1.13. The Morgan fingerprint density at radius 2 is 1.64 bits per heavy atom. The van der Waals surface area contributed by atoms with Gasteiger partial charge >= 0.3 is 5.97 Å². The molecule has 2 fully saturated rings.